The van der Waals surface area contributed by atoms with E-state index in [0.29, 0.717) is 0 Å². The molecule has 15 heavy (non-hydrogen) atoms. The fourth-order valence-corrected chi connectivity index (χ4v) is 0.770. The maximum Gasteiger partial charge on any atom is 0.325 e. The van der Waals surface area contributed by atoms with Gasteiger partial charge in [0.25, 0.3) is 0 Å². The fraction of sp³-hybridized carbons (Fsp3) is 0.750. The standard InChI is InChI=1S/C8H16N2O5/c1-8(2,5(10)6(12)13)15-7(14)4(9)3-11/h4-5,11H,3,9-10H2,1-2H3,(H,12,13)/t4-,5?/m0/s1. The summed E-state index contributed by atoms with van der Waals surface area (Å²) in [5.74, 6) is -2.18. The molecule has 0 rings (SSSR count). The monoisotopic (exact) mass is 220 g/mol. The molecule has 6 N–H and O–H groups in total. The van der Waals surface area contributed by atoms with Gasteiger partial charge in [0.05, 0.1) is 6.61 Å². The van der Waals surface area contributed by atoms with Crippen LogP contribution in [0.15, 0.2) is 0 Å². The molecule has 0 saturated carbocycles. The summed E-state index contributed by atoms with van der Waals surface area (Å²) in [4.78, 5) is 21.7. The Kier molecular flexibility index (Phi) is 4.66. The lowest BCUT2D eigenvalue weighted by molar-refractivity contribution is -0.165. The van der Waals surface area contributed by atoms with Crippen LogP contribution in [0.5, 0.6) is 0 Å². The van der Waals surface area contributed by atoms with Crippen molar-refractivity contribution in [3.8, 4) is 0 Å². The zero-order valence-corrected chi connectivity index (χ0v) is 8.64. The van der Waals surface area contributed by atoms with Gasteiger partial charge in [0.2, 0.25) is 0 Å². The number of carboxylic acids is 1. The number of carbonyl (C=O) groups is 2. The highest BCUT2D eigenvalue weighted by Gasteiger charge is 2.36. The first-order chi connectivity index (χ1) is 6.72. The minimum absolute atomic E-state index is 0.572. The lowest BCUT2D eigenvalue weighted by Crippen LogP contribution is -2.53. The maximum absolute atomic E-state index is 11.2. The molecule has 88 valence electrons. The Morgan fingerprint density at radius 1 is 1.40 bits per heavy atom. The summed E-state index contributed by atoms with van der Waals surface area (Å²) in [6.45, 7) is 2.14. The van der Waals surface area contributed by atoms with E-state index in [9.17, 15) is 9.59 Å². The van der Waals surface area contributed by atoms with Gasteiger partial charge in [0.15, 0.2) is 0 Å². The number of carbonyl (C=O) groups excluding carboxylic acids is 1. The van der Waals surface area contributed by atoms with E-state index < -0.39 is 36.2 Å². The highest BCUT2D eigenvalue weighted by atomic mass is 16.6. The molecule has 0 radical (unpaired) electrons. The van der Waals surface area contributed by atoms with Crippen molar-refractivity contribution in [2.45, 2.75) is 31.5 Å². The Hall–Kier alpha value is -1.18. The van der Waals surface area contributed by atoms with Crippen LogP contribution in [0.25, 0.3) is 0 Å². The number of nitrogens with two attached hydrogens (primary N) is 2. The van der Waals surface area contributed by atoms with Crippen LogP contribution in [-0.2, 0) is 14.3 Å². The van der Waals surface area contributed by atoms with E-state index in [1.807, 2.05) is 0 Å². The predicted molar refractivity (Wildman–Crippen MR) is 50.8 cm³/mol. The number of aliphatic hydroxyl groups is 1. The van der Waals surface area contributed by atoms with Gasteiger partial charge in [-0.2, -0.15) is 0 Å². The zero-order valence-electron chi connectivity index (χ0n) is 8.64. The number of hydrogen-bond acceptors (Lipinski definition) is 6. The number of rotatable bonds is 5. The number of esters is 1. The molecule has 7 nitrogen and oxygen atoms in total. The normalized spacial score (nSPS) is 15.5. The van der Waals surface area contributed by atoms with E-state index in [4.69, 9.17) is 26.4 Å². The number of aliphatic carboxylic acids is 1. The molecule has 0 aliphatic carbocycles. The SMILES string of the molecule is CC(C)(OC(=O)[C@@H](N)CO)C(N)C(=O)O. The van der Waals surface area contributed by atoms with Gasteiger partial charge in [0.1, 0.15) is 17.7 Å². The smallest absolute Gasteiger partial charge is 0.325 e. The summed E-state index contributed by atoms with van der Waals surface area (Å²) in [6, 6.07) is -2.54. The highest BCUT2D eigenvalue weighted by molar-refractivity contribution is 5.78. The topological polar surface area (TPSA) is 136 Å². The molecule has 0 amide bonds. The Morgan fingerprint density at radius 3 is 2.20 bits per heavy atom. The number of ether oxygens (including phenoxy) is 1. The number of hydrogen-bond donors (Lipinski definition) is 4. The van der Waals surface area contributed by atoms with Crippen molar-refractivity contribution < 1.29 is 24.5 Å². The van der Waals surface area contributed by atoms with Crippen LogP contribution in [0.1, 0.15) is 13.8 Å². The third-order valence-corrected chi connectivity index (χ3v) is 1.88. The molecule has 0 aliphatic heterocycles. The van der Waals surface area contributed by atoms with Gasteiger partial charge in [-0.25, -0.2) is 0 Å². The summed E-state index contributed by atoms with van der Waals surface area (Å²) >= 11 is 0. The highest BCUT2D eigenvalue weighted by Crippen LogP contribution is 2.14. The minimum atomic E-state index is -1.38. The van der Waals surface area contributed by atoms with E-state index in [1.54, 1.807) is 0 Å². The molecular weight excluding hydrogens is 204 g/mol. The average molecular weight is 220 g/mol. The average Bonchev–Trinajstić information content (AvgIpc) is 2.14. The molecule has 0 aromatic rings. The van der Waals surface area contributed by atoms with Crippen LogP contribution in [0.2, 0.25) is 0 Å². The third kappa shape index (κ3) is 3.82. The molecule has 7 heteroatoms. The fourth-order valence-electron chi connectivity index (χ4n) is 0.770. The van der Waals surface area contributed by atoms with E-state index in [1.165, 1.54) is 13.8 Å². The Morgan fingerprint density at radius 2 is 1.87 bits per heavy atom. The largest absolute Gasteiger partial charge is 0.480 e. The number of aliphatic hydroxyl groups excluding tert-OH is 1. The van der Waals surface area contributed by atoms with Gasteiger partial charge in [-0.05, 0) is 13.8 Å². The van der Waals surface area contributed by atoms with E-state index in [0.717, 1.165) is 0 Å². The zero-order chi connectivity index (χ0) is 12.2. The van der Waals surface area contributed by atoms with Crippen molar-refractivity contribution >= 4 is 11.9 Å². The Labute approximate surface area is 87.0 Å². The van der Waals surface area contributed by atoms with Crippen molar-refractivity contribution in [3.63, 3.8) is 0 Å². The van der Waals surface area contributed by atoms with Crippen molar-refractivity contribution in [1.29, 1.82) is 0 Å². The van der Waals surface area contributed by atoms with E-state index >= 15 is 0 Å². The molecule has 0 aliphatic rings. The van der Waals surface area contributed by atoms with Crippen LogP contribution in [0.3, 0.4) is 0 Å². The number of carboxylic acid groups (broad SMARTS) is 1. The quantitative estimate of drug-likeness (QED) is 0.395. The molecule has 0 bridgehead atoms. The first-order valence-corrected chi connectivity index (χ1v) is 4.30. The van der Waals surface area contributed by atoms with Gasteiger partial charge in [-0.3, -0.25) is 9.59 Å². The van der Waals surface area contributed by atoms with Gasteiger partial charge >= 0.3 is 11.9 Å². The Bertz CT molecular complexity index is 253. The molecule has 0 spiro atoms. The van der Waals surface area contributed by atoms with Gasteiger partial charge in [0, 0.05) is 0 Å². The third-order valence-electron chi connectivity index (χ3n) is 1.88. The van der Waals surface area contributed by atoms with Crippen LogP contribution in [-0.4, -0.2) is 46.4 Å². The summed E-state index contributed by atoms with van der Waals surface area (Å²) in [7, 11) is 0. The molecule has 0 aromatic carbocycles. The van der Waals surface area contributed by atoms with Gasteiger partial charge in [-0.15, -0.1) is 0 Å². The molecule has 0 heterocycles. The van der Waals surface area contributed by atoms with Crippen LogP contribution >= 0.6 is 0 Å². The van der Waals surface area contributed by atoms with E-state index in [2.05, 4.69) is 0 Å². The molecular formula is C8H16N2O5. The summed E-state index contributed by atoms with van der Waals surface area (Å²) in [6.07, 6.45) is 0. The predicted octanol–water partition coefficient (Wildman–Crippen LogP) is -1.96. The molecule has 0 saturated heterocycles. The molecule has 2 atom stereocenters. The summed E-state index contributed by atoms with van der Waals surface area (Å²) in [5.41, 5.74) is 9.11. The second-order valence-electron chi connectivity index (χ2n) is 3.63. The minimum Gasteiger partial charge on any atom is -0.480 e. The Balaban J connectivity index is 4.50. The van der Waals surface area contributed by atoms with Crippen molar-refractivity contribution in [1.82, 2.24) is 0 Å². The lowest BCUT2D eigenvalue weighted by atomic mass is 9.99. The van der Waals surface area contributed by atoms with Crippen molar-refractivity contribution in [2.24, 2.45) is 11.5 Å². The van der Waals surface area contributed by atoms with Crippen molar-refractivity contribution in [3.05, 3.63) is 0 Å². The second-order valence-corrected chi connectivity index (χ2v) is 3.63. The first kappa shape index (κ1) is 13.8. The van der Waals surface area contributed by atoms with Crippen LogP contribution < -0.4 is 11.5 Å². The molecule has 0 aromatic heterocycles. The van der Waals surface area contributed by atoms with Gasteiger partial charge < -0.3 is 26.4 Å². The summed E-state index contributed by atoms with van der Waals surface area (Å²) < 4.78 is 4.78. The van der Waals surface area contributed by atoms with Crippen LogP contribution in [0, 0.1) is 0 Å². The molecule has 1 unspecified atom stereocenters. The van der Waals surface area contributed by atoms with Gasteiger partial charge in [-0.1, -0.05) is 0 Å². The van der Waals surface area contributed by atoms with E-state index in [-0.39, 0.29) is 0 Å². The van der Waals surface area contributed by atoms with Crippen LogP contribution in [0.4, 0.5) is 0 Å². The second kappa shape index (κ2) is 5.06. The first-order valence-electron chi connectivity index (χ1n) is 4.30. The molecule has 0 fully saturated rings. The summed E-state index contributed by atoms with van der Waals surface area (Å²) in [5, 5.41) is 17.2. The lowest BCUT2D eigenvalue weighted by Gasteiger charge is -2.29. The van der Waals surface area contributed by atoms with Crippen molar-refractivity contribution in [2.75, 3.05) is 6.61 Å². The maximum atomic E-state index is 11.2.